The monoisotopic (exact) mass is 203 g/mol. The normalized spacial score (nSPS) is 11.1. The summed E-state index contributed by atoms with van der Waals surface area (Å²) in [6.45, 7) is 10.6. The molecule has 1 aromatic rings. The second-order valence-electron chi connectivity index (χ2n) is 4.75. The van der Waals surface area contributed by atoms with Crippen LogP contribution in [-0.4, -0.2) is 5.71 Å². The predicted molar refractivity (Wildman–Crippen MR) is 67.1 cm³/mol. The summed E-state index contributed by atoms with van der Waals surface area (Å²) in [5.74, 6) is 0.970. The van der Waals surface area contributed by atoms with Crippen molar-refractivity contribution in [1.29, 1.82) is 5.41 Å². The third-order valence-electron chi connectivity index (χ3n) is 2.75. The third kappa shape index (κ3) is 2.47. The van der Waals surface area contributed by atoms with Crippen LogP contribution in [0.5, 0.6) is 0 Å². The molecule has 0 atom stereocenters. The Morgan fingerprint density at radius 1 is 1.00 bits per heavy atom. The molecule has 82 valence electrons. The molecule has 0 unspecified atom stereocenters. The van der Waals surface area contributed by atoms with E-state index in [9.17, 15) is 0 Å². The van der Waals surface area contributed by atoms with E-state index >= 15 is 0 Å². The molecule has 0 bridgehead atoms. The van der Waals surface area contributed by atoms with Crippen molar-refractivity contribution >= 4 is 5.71 Å². The van der Waals surface area contributed by atoms with E-state index in [0.29, 0.717) is 17.5 Å². The van der Waals surface area contributed by atoms with Crippen LogP contribution in [0, 0.1) is 5.41 Å². The van der Waals surface area contributed by atoms with Gasteiger partial charge in [-0.3, -0.25) is 0 Å². The molecule has 15 heavy (non-hydrogen) atoms. The topological polar surface area (TPSA) is 23.9 Å². The van der Waals surface area contributed by atoms with Gasteiger partial charge in [0.05, 0.1) is 0 Å². The van der Waals surface area contributed by atoms with E-state index in [-0.39, 0.29) is 0 Å². The molecule has 0 spiro atoms. The molecular weight excluding hydrogens is 182 g/mol. The van der Waals surface area contributed by atoms with Crippen LogP contribution < -0.4 is 0 Å². The van der Waals surface area contributed by atoms with E-state index in [1.54, 1.807) is 0 Å². The molecule has 1 nitrogen and oxygen atoms in total. The number of benzene rings is 1. The maximum absolute atomic E-state index is 7.90. The molecule has 0 saturated carbocycles. The fourth-order valence-electron chi connectivity index (χ4n) is 1.98. The van der Waals surface area contributed by atoms with Gasteiger partial charge in [0.1, 0.15) is 0 Å². The largest absolute Gasteiger partial charge is 0.305 e. The lowest BCUT2D eigenvalue weighted by Crippen LogP contribution is -2.07. The number of hydrogen-bond acceptors (Lipinski definition) is 1. The van der Waals surface area contributed by atoms with Gasteiger partial charge in [-0.2, -0.15) is 0 Å². The first-order chi connectivity index (χ1) is 6.95. The molecule has 0 aliphatic carbocycles. The highest BCUT2D eigenvalue weighted by Crippen LogP contribution is 2.27. The van der Waals surface area contributed by atoms with Crippen molar-refractivity contribution in [2.24, 2.45) is 0 Å². The van der Waals surface area contributed by atoms with Crippen molar-refractivity contribution < 1.29 is 0 Å². The minimum Gasteiger partial charge on any atom is -0.305 e. The zero-order chi connectivity index (χ0) is 11.6. The highest BCUT2D eigenvalue weighted by atomic mass is 14.4. The van der Waals surface area contributed by atoms with E-state index in [1.807, 2.05) is 6.92 Å². The van der Waals surface area contributed by atoms with Crippen LogP contribution in [0.25, 0.3) is 0 Å². The zero-order valence-corrected chi connectivity index (χ0v) is 10.4. The fourth-order valence-corrected chi connectivity index (χ4v) is 1.98. The van der Waals surface area contributed by atoms with Crippen molar-refractivity contribution in [3.63, 3.8) is 0 Å². The third-order valence-corrected chi connectivity index (χ3v) is 2.75. The Morgan fingerprint density at radius 3 is 1.67 bits per heavy atom. The standard InChI is InChI=1S/C14H21N/c1-9(2)12-7-6-8-13(10(3)4)14(12)11(5)15/h6-10,15H,1-5H3. The predicted octanol–water partition coefficient (Wildman–Crippen LogP) is 4.32. The van der Waals surface area contributed by atoms with Crippen LogP contribution >= 0.6 is 0 Å². The van der Waals surface area contributed by atoms with E-state index in [4.69, 9.17) is 5.41 Å². The number of hydrogen-bond donors (Lipinski definition) is 1. The van der Waals surface area contributed by atoms with Gasteiger partial charge < -0.3 is 5.41 Å². The molecule has 1 heteroatoms. The van der Waals surface area contributed by atoms with Gasteiger partial charge in [0.15, 0.2) is 0 Å². The molecule has 1 rings (SSSR count). The molecule has 0 saturated heterocycles. The van der Waals surface area contributed by atoms with Crippen molar-refractivity contribution in [2.75, 3.05) is 0 Å². The van der Waals surface area contributed by atoms with E-state index < -0.39 is 0 Å². The lowest BCUT2D eigenvalue weighted by molar-refractivity contribution is 0.828. The van der Waals surface area contributed by atoms with E-state index in [2.05, 4.69) is 45.9 Å². The maximum Gasteiger partial charge on any atom is 0.0360 e. The fraction of sp³-hybridized carbons (Fsp3) is 0.500. The van der Waals surface area contributed by atoms with Crippen LogP contribution in [0.2, 0.25) is 0 Å². The first-order valence-electron chi connectivity index (χ1n) is 5.63. The molecule has 0 radical (unpaired) electrons. The first-order valence-corrected chi connectivity index (χ1v) is 5.63. The lowest BCUT2D eigenvalue weighted by atomic mass is 9.87. The molecule has 0 aliphatic heterocycles. The summed E-state index contributed by atoms with van der Waals surface area (Å²) in [6, 6.07) is 6.39. The maximum atomic E-state index is 7.90. The molecule has 0 heterocycles. The smallest absolute Gasteiger partial charge is 0.0360 e. The van der Waals surface area contributed by atoms with Gasteiger partial charge in [-0.05, 0) is 29.9 Å². The van der Waals surface area contributed by atoms with E-state index in [1.165, 1.54) is 11.1 Å². The number of nitrogens with one attached hydrogen (secondary N) is 1. The van der Waals surface area contributed by atoms with Crippen LogP contribution in [0.15, 0.2) is 18.2 Å². The summed E-state index contributed by atoms with van der Waals surface area (Å²) in [5, 5.41) is 7.90. The summed E-state index contributed by atoms with van der Waals surface area (Å²) in [5.41, 5.74) is 4.44. The Morgan fingerprint density at radius 2 is 1.40 bits per heavy atom. The average molecular weight is 203 g/mol. The van der Waals surface area contributed by atoms with Gasteiger partial charge in [-0.1, -0.05) is 45.9 Å². The molecule has 0 fully saturated rings. The van der Waals surface area contributed by atoms with Crippen molar-refractivity contribution in [3.8, 4) is 0 Å². The van der Waals surface area contributed by atoms with Crippen molar-refractivity contribution in [3.05, 3.63) is 34.9 Å². The van der Waals surface area contributed by atoms with Gasteiger partial charge in [0, 0.05) is 11.3 Å². The van der Waals surface area contributed by atoms with Gasteiger partial charge in [0.2, 0.25) is 0 Å². The highest BCUT2D eigenvalue weighted by Gasteiger charge is 2.14. The molecule has 0 aliphatic rings. The van der Waals surface area contributed by atoms with Crippen LogP contribution in [0.1, 0.15) is 63.1 Å². The number of rotatable bonds is 3. The first kappa shape index (κ1) is 12.0. The van der Waals surface area contributed by atoms with Crippen LogP contribution in [0.4, 0.5) is 0 Å². The summed E-state index contributed by atoms with van der Waals surface area (Å²) >= 11 is 0. The lowest BCUT2D eigenvalue weighted by Gasteiger charge is -2.18. The van der Waals surface area contributed by atoms with Crippen LogP contribution in [-0.2, 0) is 0 Å². The summed E-state index contributed by atoms with van der Waals surface area (Å²) < 4.78 is 0. The van der Waals surface area contributed by atoms with Crippen LogP contribution in [0.3, 0.4) is 0 Å². The second kappa shape index (κ2) is 4.61. The summed E-state index contributed by atoms with van der Waals surface area (Å²) in [4.78, 5) is 0. The average Bonchev–Trinajstić information content (AvgIpc) is 2.16. The summed E-state index contributed by atoms with van der Waals surface area (Å²) in [6.07, 6.45) is 0. The SMILES string of the molecule is CC(=N)c1c(C(C)C)cccc1C(C)C. The Kier molecular flexibility index (Phi) is 3.67. The van der Waals surface area contributed by atoms with Crippen molar-refractivity contribution in [2.45, 2.75) is 46.5 Å². The Bertz CT molecular complexity index is 335. The van der Waals surface area contributed by atoms with Gasteiger partial charge in [-0.25, -0.2) is 0 Å². The zero-order valence-electron chi connectivity index (χ0n) is 10.4. The highest BCUT2D eigenvalue weighted by molar-refractivity contribution is 5.99. The summed E-state index contributed by atoms with van der Waals surface area (Å²) in [7, 11) is 0. The minimum absolute atomic E-state index is 0.485. The quantitative estimate of drug-likeness (QED) is 0.707. The molecule has 0 aromatic heterocycles. The molecule has 1 aromatic carbocycles. The minimum atomic E-state index is 0.485. The van der Waals surface area contributed by atoms with Gasteiger partial charge in [0.25, 0.3) is 0 Å². The second-order valence-corrected chi connectivity index (χ2v) is 4.75. The van der Waals surface area contributed by atoms with Crippen molar-refractivity contribution in [1.82, 2.24) is 0 Å². The van der Waals surface area contributed by atoms with Gasteiger partial charge in [-0.15, -0.1) is 0 Å². The Hall–Kier alpha value is -1.11. The van der Waals surface area contributed by atoms with E-state index in [0.717, 1.165) is 5.56 Å². The molecule has 1 N–H and O–H groups in total. The Balaban J connectivity index is 3.42. The van der Waals surface area contributed by atoms with Gasteiger partial charge >= 0.3 is 0 Å². The Labute approximate surface area is 93.0 Å². The molecular formula is C14H21N. The molecule has 0 amide bonds.